The minimum Gasteiger partial charge on any atom is -0.379 e. The molecule has 0 saturated carbocycles. The van der Waals surface area contributed by atoms with Crippen LogP contribution in [-0.4, -0.2) is 25.9 Å². The average molecular weight is 116 g/mol. The topological polar surface area (TPSA) is 21.8 Å². The third-order valence-corrected chi connectivity index (χ3v) is 1.48. The lowest BCUT2D eigenvalue weighted by Gasteiger charge is -2.07. The molecule has 0 amide bonds. The van der Waals surface area contributed by atoms with E-state index in [1.165, 1.54) is 0 Å². The molecule has 1 heterocycles. The zero-order chi connectivity index (χ0) is 5.98. The van der Waals surface area contributed by atoms with E-state index in [0.717, 1.165) is 13.0 Å². The highest BCUT2D eigenvalue weighted by atomic mass is 16.6. The smallest absolute Gasteiger partial charge is 0.107 e. The predicted octanol–water partition coefficient (Wildman–Crippen LogP) is 0.810. The van der Waals surface area contributed by atoms with Crippen molar-refractivity contribution < 1.29 is 9.47 Å². The number of hydrogen-bond donors (Lipinski definition) is 0. The maximum atomic E-state index is 5.10. The third kappa shape index (κ3) is 1.20. The Hall–Kier alpha value is -0.0800. The summed E-state index contributed by atoms with van der Waals surface area (Å²) in [5.74, 6) is 0. The SMILES string of the molecule is CCC(OC)[C@H]1CO1. The largest absolute Gasteiger partial charge is 0.379 e. The fourth-order valence-electron chi connectivity index (χ4n) is 0.852. The zero-order valence-corrected chi connectivity index (χ0v) is 5.39. The summed E-state index contributed by atoms with van der Waals surface area (Å²) in [5.41, 5.74) is 0. The minimum absolute atomic E-state index is 0.343. The van der Waals surface area contributed by atoms with Gasteiger partial charge in [0.15, 0.2) is 0 Å². The first-order chi connectivity index (χ1) is 3.88. The lowest BCUT2D eigenvalue weighted by atomic mass is 10.2. The van der Waals surface area contributed by atoms with Crippen LogP contribution in [0.25, 0.3) is 0 Å². The molecule has 0 N–H and O–H groups in total. The molecule has 0 radical (unpaired) electrons. The van der Waals surface area contributed by atoms with E-state index in [2.05, 4.69) is 6.92 Å². The van der Waals surface area contributed by atoms with Gasteiger partial charge in [-0.15, -0.1) is 0 Å². The van der Waals surface area contributed by atoms with Crippen LogP contribution in [-0.2, 0) is 9.47 Å². The third-order valence-electron chi connectivity index (χ3n) is 1.48. The van der Waals surface area contributed by atoms with Gasteiger partial charge in [-0.05, 0) is 6.42 Å². The van der Waals surface area contributed by atoms with E-state index in [4.69, 9.17) is 9.47 Å². The summed E-state index contributed by atoms with van der Waals surface area (Å²) in [6.07, 6.45) is 1.81. The normalized spacial score (nSPS) is 30.0. The Kier molecular flexibility index (Phi) is 1.86. The van der Waals surface area contributed by atoms with E-state index < -0.39 is 0 Å². The Bertz CT molecular complexity index is 64.9. The van der Waals surface area contributed by atoms with E-state index in [9.17, 15) is 0 Å². The lowest BCUT2D eigenvalue weighted by Crippen LogP contribution is -2.15. The van der Waals surface area contributed by atoms with Crippen molar-refractivity contribution in [3.05, 3.63) is 0 Å². The Balaban J connectivity index is 2.15. The van der Waals surface area contributed by atoms with Crippen LogP contribution < -0.4 is 0 Å². The molecule has 8 heavy (non-hydrogen) atoms. The highest BCUT2D eigenvalue weighted by molar-refractivity contribution is 4.78. The van der Waals surface area contributed by atoms with Gasteiger partial charge in [0, 0.05) is 7.11 Å². The highest BCUT2D eigenvalue weighted by Crippen LogP contribution is 2.18. The molecule has 1 rings (SSSR count). The summed E-state index contributed by atoms with van der Waals surface area (Å²) in [4.78, 5) is 0. The molecule has 1 saturated heterocycles. The lowest BCUT2D eigenvalue weighted by molar-refractivity contribution is 0.0734. The van der Waals surface area contributed by atoms with E-state index in [1.54, 1.807) is 7.11 Å². The Morgan fingerprint density at radius 3 is 2.62 bits per heavy atom. The Labute approximate surface area is 49.8 Å². The van der Waals surface area contributed by atoms with Crippen LogP contribution in [0, 0.1) is 0 Å². The fraction of sp³-hybridized carbons (Fsp3) is 1.00. The fourth-order valence-corrected chi connectivity index (χ4v) is 0.852. The zero-order valence-electron chi connectivity index (χ0n) is 5.39. The van der Waals surface area contributed by atoms with Crippen molar-refractivity contribution >= 4 is 0 Å². The van der Waals surface area contributed by atoms with Crippen LogP contribution in [0.15, 0.2) is 0 Å². The second-order valence-electron chi connectivity index (χ2n) is 2.05. The number of ether oxygens (including phenoxy) is 2. The number of hydrogen-bond acceptors (Lipinski definition) is 2. The number of epoxide rings is 1. The van der Waals surface area contributed by atoms with Crippen LogP contribution in [0.4, 0.5) is 0 Å². The molecule has 1 fully saturated rings. The summed E-state index contributed by atoms with van der Waals surface area (Å²) in [7, 11) is 1.73. The standard InChI is InChI=1S/C6H12O2/c1-3-5(7-2)6-4-8-6/h5-6H,3-4H2,1-2H3/t5?,6-/m1/s1. The van der Waals surface area contributed by atoms with Crippen molar-refractivity contribution in [2.75, 3.05) is 13.7 Å². The molecule has 1 aliphatic heterocycles. The van der Waals surface area contributed by atoms with Crippen molar-refractivity contribution in [2.45, 2.75) is 25.6 Å². The van der Waals surface area contributed by atoms with Crippen LogP contribution >= 0.6 is 0 Å². The van der Waals surface area contributed by atoms with Crippen molar-refractivity contribution in [2.24, 2.45) is 0 Å². The predicted molar refractivity (Wildman–Crippen MR) is 30.8 cm³/mol. The Morgan fingerprint density at radius 1 is 1.88 bits per heavy atom. The molecule has 0 spiro atoms. The molecule has 0 aromatic carbocycles. The van der Waals surface area contributed by atoms with E-state index in [0.29, 0.717) is 12.2 Å². The van der Waals surface area contributed by atoms with Gasteiger partial charge in [0.25, 0.3) is 0 Å². The second kappa shape index (κ2) is 2.46. The van der Waals surface area contributed by atoms with E-state index in [-0.39, 0.29) is 0 Å². The summed E-state index contributed by atoms with van der Waals surface area (Å²) in [6.45, 7) is 3.00. The molecule has 2 heteroatoms. The molecule has 1 aliphatic rings. The van der Waals surface area contributed by atoms with Gasteiger partial charge >= 0.3 is 0 Å². The van der Waals surface area contributed by atoms with Gasteiger partial charge in [-0.3, -0.25) is 0 Å². The van der Waals surface area contributed by atoms with Gasteiger partial charge in [-0.25, -0.2) is 0 Å². The molecule has 0 aliphatic carbocycles. The van der Waals surface area contributed by atoms with Crippen molar-refractivity contribution in [1.82, 2.24) is 0 Å². The van der Waals surface area contributed by atoms with E-state index >= 15 is 0 Å². The van der Waals surface area contributed by atoms with Gasteiger partial charge < -0.3 is 9.47 Å². The summed E-state index contributed by atoms with van der Waals surface area (Å²) in [5, 5.41) is 0. The molecular formula is C6H12O2. The highest BCUT2D eigenvalue weighted by Gasteiger charge is 2.31. The van der Waals surface area contributed by atoms with E-state index in [1.807, 2.05) is 0 Å². The first-order valence-corrected chi connectivity index (χ1v) is 3.03. The monoisotopic (exact) mass is 116 g/mol. The molecular weight excluding hydrogens is 104 g/mol. The van der Waals surface area contributed by atoms with Gasteiger partial charge in [0.1, 0.15) is 6.10 Å². The maximum absolute atomic E-state index is 5.10. The van der Waals surface area contributed by atoms with Crippen LogP contribution in [0.5, 0.6) is 0 Å². The van der Waals surface area contributed by atoms with Crippen molar-refractivity contribution in [3.8, 4) is 0 Å². The van der Waals surface area contributed by atoms with Gasteiger partial charge in [-0.1, -0.05) is 6.92 Å². The molecule has 0 aromatic heterocycles. The van der Waals surface area contributed by atoms with Crippen molar-refractivity contribution in [3.63, 3.8) is 0 Å². The second-order valence-corrected chi connectivity index (χ2v) is 2.05. The van der Waals surface area contributed by atoms with Gasteiger partial charge in [0.2, 0.25) is 0 Å². The van der Waals surface area contributed by atoms with Crippen LogP contribution in [0.1, 0.15) is 13.3 Å². The summed E-state index contributed by atoms with van der Waals surface area (Å²) >= 11 is 0. The molecule has 1 unspecified atom stereocenters. The van der Waals surface area contributed by atoms with Crippen molar-refractivity contribution in [1.29, 1.82) is 0 Å². The summed E-state index contributed by atoms with van der Waals surface area (Å²) < 4.78 is 10.1. The molecule has 0 aromatic rings. The number of methoxy groups -OCH3 is 1. The van der Waals surface area contributed by atoms with Crippen LogP contribution in [0.3, 0.4) is 0 Å². The molecule has 0 bridgehead atoms. The van der Waals surface area contributed by atoms with Crippen LogP contribution in [0.2, 0.25) is 0 Å². The first-order valence-electron chi connectivity index (χ1n) is 3.03. The quantitative estimate of drug-likeness (QED) is 0.509. The molecule has 2 atom stereocenters. The summed E-state index contributed by atoms with van der Waals surface area (Å²) in [6, 6.07) is 0. The Morgan fingerprint density at radius 2 is 2.50 bits per heavy atom. The molecule has 48 valence electrons. The first kappa shape index (κ1) is 6.05. The van der Waals surface area contributed by atoms with Gasteiger partial charge in [0.05, 0.1) is 12.7 Å². The number of rotatable bonds is 3. The van der Waals surface area contributed by atoms with Gasteiger partial charge in [-0.2, -0.15) is 0 Å². The maximum Gasteiger partial charge on any atom is 0.107 e. The minimum atomic E-state index is 0.343. The molecule has 2 nitrogen and oxygen atoms in total. The average Bonchev–Trinajstić information content (AvgIpc) is 2.53.